The fourth-order valence-electron chi connectivity index (χ4n) is 3.84. The van der Waals surface area contributed by atoms with Crippen LogP contribution < -0.4 is 9.64 Å². The van der Waals surface area contributed by atoms with Crippen molar-refractivity contribution in [3.63, 3.8) is 0 Å². The Kier molecular flexibility index (Phi) is 6.24. The number of morpholine rings is 1. The van der Waals surface area contributed by atoms with E-state index in [0.29, 0.717) is 0 Å². The van der Waals surface area contributed by atoms with Crippen LogP contribution in [-0.2, 0) is 17.8 Å². The molecule has 0 atom stereocenters. The molecule has 0 amide bonds. The first-order valence-corrected chi connectivity index (χ1v) is 10.3. The van der Waals surface area contributed by atoms with Gasteiger partial charge in [0.1, 0.15) is 25.4 Å². The molecule has 0 unspecified atom stereocenters. The highest BCUT2D eigenvalue weighted by atomic mass is 16.5. The number of quaternary nitrogens is 1. The Hall–Kier alpha value is -2.37. The third-order valence-corrected chi connectivity index (χ3v) is 5.47. The van der Waals surface area contributed by atoms with Crippen LogP contribution in [0.25, 0.3) is 11.0 Å². The Morgan fingerprint density at radius 3 is 2.68 bits per heavy atom. The molecule has 148 valence electrons. The number of imidazole rings is 1. The van der Waals surface area contributed by atoms with Crippen molar-refractivity contribution in [3.8, 4) is 5.75 Å². The quantitative estimate of drug-likeness (QED) is 0.611. The van der Waals surface area contributed by atoms with Gasteiger partial charge in [-0.1, -0.05) is 30.3 Å². The highest BCUT2D eigenvalue weighted by Gasteiger charge is 2.19. The van der Waals surface area contributed by atoms with Crippen LogP contribution in [0.2, 0.25) is 0 Å². The third kappa shape index (κ3) is 4.54. The summed E-state index contributed by atoms with van der Waals surface area (Å²) in [6.07, 6.45) is 2.11. The van der Waals surface area contributed by atoms with Crippen molar-refractivity contribution in [3.05, 3.63) is 59.9 Å². The number of hydrogen-bond acceptors (Lipinski definition) is 3. The molecule has 5 heteroatoms. The first-order chi connectivity index (χ1) is 13.8. The van der Waals surface area contributed by atoms with Gasteiger partial charge in [0.2, 0.25) is 0 Å². The van der Waals surface area contributed by atoms with Gasteiger partial charge < -0.3 is 18.9 Å². The van der Waals surface area contributed by atoms with E-state index in [1.165, 1.54) is 16.9 Å². The number of aryl methyl sites for hydroxylation is 2. The minimum Gasteiger partial charge on any atom is -0.493 e. The van der Waals surface area contributed by atoms with E-state index in [1.54, 1.807) is 4.90 Å². The van der Waals surface area contributed by atoms with Crippen molar-refractivity contribution < 1.29 is 14.4 Å². The molecular formula is C23H30N3O2+. The van der Waals surface area contributed by atoms with E-state index in [1.807, 2.05) is 18.2 Å². The molecule has 0 aliphatic carbocycles. The molecule has 2 aromatic carbocycles. The number of unbranched alkanes of at least 4 members (excludes halogenated alkanes) is 1. The summed E-state index contributed by atoms with van der Waals surface area (Å²) in [4.78, 5) is 6.50. The first-order valence-electron chi connectivity index (χ1n) is 10.3. The number of hydrogen-bond donors (Lipinski definition) is 1. The summed E-state index contributed by atoms with van der Waals surface area (Å²) in [5.41, 5.74) is 3.53. The van der Waals surface area contributed by atoms with Crippen molar-refractivity contribution in [2.45, 2.75) is 32.9 Å². The number of rotatable bonds is 8. The zero-order chi connectivity index (χ0) is 19.2. The summed E-state index contributed by atoms with van der Waals surface area (Å²) < 4.78 is 13.9. The average Bonchev–Trinajstić information content (AvgIpc) is 3.07. The van der Waals surface area contributed by atoms with Gasteiger partial charge in [0.15, 0.2) is 5.82 Å². The van der Waals surface area contributed by atoms with Crippen molar-refractivity contribution in [2.75, 3.05) is 32.9 Å². The lowest BCUT2D eigenvalue weighted by atomic mass is 10.2. The average molecular weight is 381 g/mol. The van der Waals surface area contributed by atoms with Gasteiger partial charge in [-0.2, -0.15) is 0 Å². The van der Waals surface area contributed by atoms with Gasteiger partial charge in [0, 0.05) is 6.54 Å². The van der Waals surface area contributed by atoms with E-state index >= 15 is 0 Å². The molecule has 1 N–H and O–H groups in total. The number of benzene rings is 2. The second-order valence-corrected chi connectivity index (χ2v) is 7.53. The first kappa shape index (κ1) is 19.0. The van der Waals surface area contributed by atoms with Crippen LogP contribution in [0, 0.1) is 6.92 Å². The van der Waals surface area contributed by atoms with Gasteiger partial charge in [0.05, 0.1) is 30.9 Å². The van der Waals surface area contributed by atoms with Gasteiger partial charge in [-0.3, -0.25) is 0 Å². The molecule has 1 saturated heterocycles. The molecule has 1 aliphatic rings. The second kappa shape index (κ2) is 9.22. The molecule has 1 fully saturated rings. The number of fused-ring (bicyclic) bond motifs is 1. The van der Waals surface area contributed by atoms with E-state index in [0.717, 1.165) is 70.1 Å². The highest BCUT2D eigenvalue weighted by Crippen LogP contribution is 2.18. The number of nitrogens with one attached hydrogen (secondary N) is 1. The maximum Gasteiger partial charge on any atom is 0.165 e. The molecule has 0 bridgehead atoms. The topological polar surface area (TPSA) is 40.7 Å². The van der Waals surface area contributed by atoms with Crippen molar-refractivity contribution in [1.29, 1.82) is 0 Å². The van der Waals surface area contributed by atoms with Crippen molar-refractivity contribution in [1.82, 2.24) is 9.55 Å². The Bertz CT molecular complexity index is 900. The lowest BCUT2D eigenvalue weighted by Crippen LogP contribution is -3.12. The summed E-state index contributed by atoms with van der Waals surface area (Å²) in [7, 11) is 0. The van der Waals surface area contributed by atoms with Crippen molar-refractivity contribution >= 4 is 11.0 Å². The summed E-state index contributed by atoms with van der Waals surface area (Å²) in [6.45, 7) is 8.63. The molecule has 2 heterocycles. The SMILES string of the molecule is Cc1ccccc1OCCCCn1c(C[NH+]2CCOCC2)nc2ccccc21. The van der Waals surface area contributed by atoms with E-state index in [9.17, 15) is 0 Å². The predicted molar refractivity (Wildman–Crippen MR) is 111 cm³/mol. The van der Waals surface area contributed by atoms with E-state index in [4.69, 9.17) is 14.5 Å². The van der Waals surface area contributed by atoms with Gasteiger partial charge in [-0.15, -0.1) is 0 Å². The largest absolute Gasteiger partial charge is 0.493 e. The normalized spacial score (nSPS) is 15.2. The predicted octanol–water partition coefficient (Wildman–Crippen LogP) is 2.62. The molecule has 28 heavy (non-hydrogen) atoms. The Balaban J connectivity index is 1.38. The zero-order valence-corrected chi connectivity index (χ0v) is 16.7. The third-order valence-electron chi connectivity index (χ3n) is 5.47. The Morgan fingerprint density at radius 2 is 1.82 bits per heavy atom. The zero-order valence-electron chi connectivity index (χ0n) is 16.7. The molecule has 1 aromatic heterocycles. The molecular weight excluding hydrogens is 350 g/mol. The highest BCUT2D eigenvalue weighted by molar-refractivity contribution is 5.75. The minimum absolute atomic E-state index is 0.752. The van der Waals surface area contributed by atoms with Gasteiger partial charge in [0.25, 0.3) is 0 Å². The molecule has 4 rings (SSSR count). The molecule has 1 aliphatic heterocycles. The number of para-hydroxylation sites is 3. The van der Waals surface area contributed by atoms with E-state index in [-0.39, 0.29) is 0 Å². The number of ether oxygens (including phenoxy) is 2. The van der Waals surface area contributed by atoms with Crippen LogP contribution in [0.15, 0.2) is 48.5 Å². The molecule has 0 radical (unpaired) electrons. The molecule has 0 saturated carbocycles. The smallest absolute Gasteiger partial charge is 0.165 e. The minimum atomic E-state index is 0.752. The fourth-order valence-corrected chi connectivity index (χ4v) is 3.84. The fraction of sp³-hybridized carbons (Fsp3) is 0.435. The van der Waals surface area contributed by atoms with Crippen LogP contribution in [-0.4, -0.2) is 42.5 Å². The van der Waals surface area contributed by atoms with Gasteiger partial charge >= 0.3 is 0 Å². The monoisotopic (exact) mass is 380 g/mol. The summed E-state index contributed by atoms with van der Waals surface area (Å²) in [5.74, 6) is 2.19. The summed E-state index contributed by atoms with van der Waals surface area (Å²) in [5, 5.41) is 0. The van der Waals surface area contributed by atoms with Gasteiger partial charge in [-0.05, 0) is 43.5 Å². The van der Waals surface area contributed by atoms with Crippen molar-refractivity contribution in [2.24, 2.45) is 0 Å². The molecule has 0 spiro atoms. The maximum atomic E-state index is 5.95. The summed E-state index contributed by atoms with van der Waals surface area (Å²) >= 11 is 0. The lowest BCUT2D eigenvalue weighted by Gasteiger charge is -2.23. The molecule has 3 aromatic rings. The van der Waals surface area contributed by atoms with Crippen LogP contribution in [0.5, 0.6) is 5.75 Å². The van der Waals surface area contributed by atoms with Crippen LogP contribution in [0.1, 0.15) is 24.2 Å². The molecule has 5 nitrogen and oxygen atoms in total. The summed E-state index contributed by atoms with van der Waals surface area (Å²) in [6, 6.07) is 16.7. The van der Waals surface area contributed by atoms with Crippen LogP contribution >= 0.6 is 0 Å². The maximum absolute atomic E-state index is 5.95. The number of nitrogens with zero attached hydrogens (tertiary/aromatic N) is 2. The van der Waals surface area contributed by atoms with Crippen LogP contribution in [0.3, 0.4) is 0 Å². The van der Waals surface area contributed by atoms with E-state index in [2.05, 4.69) is 41.8 Å². The second-order valence-electron chi connectivity index (χ2n) is 7.53. The Morgan fingerprint density at radius 1 is 1.04 bits per heavy atom. The standard InChI is InChI=1S/C23H29N3O2/c1-19-8-2-5-11-22(19)28-15-7-6-12-26-21-10-4-3-9-20(21)24-23(26)18-25-13-16-27-17-14-25/h2-5,8-11H,6-7,12-18H2,1H3/p+1. The lowest BCUT2D eigenvalue weighted by molar-refractivity contribution is -0.922. The Labute approximate surface area is 166 Å². The van der Waals surface area contributed by atoms with Crippen LogP contribution in [0.4, 0.5) is 0 Å². The van der Waals surface area contributed by atoms with Gasteiger partial charge in [-0.25, -0.2) is 4.98 Å². The number of aromatic nitrogens is 2. The van der Waals surface area contributed by atoms with E-state index < -0.39 is 0 Å².